The summed E-state index contributed by atoms with van der Waals surface area (Å²) in [5.41, 5.74) is -0.817. The van der Waals surface area contributed by atoms with Gasteiger partial charge in [0.2, 0.25) is 5.82 Å². The fourth-order valence-corrected chi connectivity index (χ4v) is 1.38. The van der Waals surface area contributed by atoms with Crippen molar-refractivity contribution >= 4 is 18.6 Å². The Bertz CT molecular complexity index is 428. The topological polar surface area (TPSA) is 101 Å². The van der Waals surface area contributed by atoms with Crippen LogP contribution in [0.3, 0.4) is 0 Å². The van der Waals surface area contributed by atoms with Gasteiger partial charge in [0, 0.05) is 6.07 Å². The second-order valence-corrected chi connectivity index (χ2v) is 4.04. The van der Waals surface area contributed by atoms with Gasteiger partial charge in [-0.15, -0.1) is 0 Å². The average molecular weight is 221 g/mol. The van der Waals surface area contributed by atoms with E-state index in [1.165, 1.54) is 0 Å². The maximum absolute atomic E-state index is 12.8. The zero-order chi connectivity index (χ0) is 10.9. The van der Waals surface area contributed by atoms with Gasteiger partial charge in [0.1, 0.15) is 0 Å². The van der Waals surface area contributed by atoms with E-state index in [0.29, 0.717) is 12.1 Å². The molecule has 0 aliphatic heterocycles. The average Bonchev–Trinajstić information content (AvgIpc) is 2.01. The molecule has 76 valence electrons. The van der Waals surface area contributed by atoms with E-state index >= 15 is 0 Å². The molecule has 1 aromatic carbocycles. The number of nitro benzene ring substituents is 1. The molecule has 6 nitrogen and oxygen atoms in total. The number of hydrogen-bond acceptors (Lipinski definition) is 3. The Kier molecular flexibility index (Phi) is 2.66. The third-order valence-electron chi connectivity index (χ3n) is 1.46. The summed E-state index contributed by atoms with van der Waals surface area (Å²) in [4.78, 5) is 26.4. The van der Waals surface area contributed by atoms with E-state index in [0.717, 1.165) is 6.07 Å². The fraction of sp³-hybridized carbons (Fsp3) is 0. The highest BCUT2D eigenvalue weighted by atomic mass is 31.2. The molecule has 0 spiro atoms. The van der Waals surface area contributed by atoms with Crippen LogP contribution in [0.15, 0.2) is 18.2 Å². The molecule has 2 N–H and O–H groups in total. The Balaban J connectivity index is 3.27. The Labute approximate surface area is 77.3 Å². The highest BCUT2D eigenvalue weighted by Crippen LogP contribution is 2.34. The van der Waals surface area contributed by atoms with Gasteiger partial charge in [-0.2, -0.15) is 4.39 Å². The Morgan fingerprint density at radius 2 is 2.00 bits per heavy atom. The molecule has 0 amide bonds. The lowest BCUT2D eigenvalue weighted by Gasteiger charge is -2.02. The fourth-order valence-electron chi connectivity index (χ4n) is 0.825. The van der Waals surface area contributed by atoms with Crippen LogP contribution >= 0.6 is 7.60 Å². The number of nitro groups is 1. The van der Waals surface area contributed by atoms with Crippen LogP contribution in [0.1, 0.15) is 0 Å². The zero-order valence-corrected chi connectivity index (χ0v) is 7.52. The van der Waals surface area contributed by atoms with Crippen LogP contribution in [0.2, 0.25) is 0 Å². The third kappa shape index (κ3) is 2.14. The molecule has 0 atom stereocenters. The van der Waals surface area contributed by atoms with Gasteiger partial charge in [-0.3, -0.25) is 14.7 Å². The summed E-state index contributed by atoms with van der Waals surface area (Å²) < 4.78 is 23.5. The van der Waals surface area contributed by atoms with Gasteiger partial charge in [0.25, 0.3) is 0 Å². The molecule has 0 aromatic heterocycles. The van der Waals surface area contributed by atoms with Crippen LogP contribution in [-0.4, -0.2) is 14.7 Å². The number of hydrogen-bond donors (Lipinski definition) is 2. The van der Waals surface area contributed by atoms with E-state index in [1.54, 1.807) is 0 Å². The monoisotopic (exact) mass is 221 g/mol. The van der Waals surface area contributed by atoms with E-state index in [9.17, 15) is 19.1 Å². The minimum atomic E-state index is -4.56. The summed E-state index contributed by atoms with van der Waals surface area (Å²) in [7, 11) is -4.56. The SMILES string of the molecule is O=[N+]([O-])c1ccc(P(=O)(O)O)cc1F. The summed E-state index contributed by atoms with van der Waals surface area (Å²) in [5.74, 6) is -1.27. The summed E-state index contributed by atoms with van der Waals surface area (Å²) in [6.07, 6.45) is 0. The molecule has 0 heterocycles. The first-order chi connectivity index (χ1) is 6.32. The van der Waals surface area contributed by atoms with Crippen molar-refractivity contribution in [2.75, 3.05) is 0 Å². The van der Waals surface area contributed by atoms with Crippen molar-refractivity contribution in [3.05, 3.63) is 34.1 Å². The Hall–Kier alpha value is -1.30. The zero-order valence-electron chi connectivity index (χ0n) is 6.62. The van der Waals surface area contributed by atoms with Crippen LogP contribution in [0.5, 0.6) is 0 Å². The molecule has 0 aliphatic rings. The highest BCUT2D eigenvalue weighted by Gasteiger charge is 2.22. The molecule has 8 heteroatoms. The van der Waals surface area contributed by atoms with E-state index in [4.69, 9.17) is 9.79 Å². The molecule has 1 rings (SSSR count). The molecular weight excluding hydrogens is 216 g/mol. The summed E-state index contributed by atoms with van der Waals surface area (Å²) in [6.45, 7) is 0. The molecule has 1 aromatic rings. The third-order valence-corrected chi connectivity index (χ3v) is 2.42. The van der Waals surface area contributed by atoms with E-state index in [-0.39, 0.29) is 0 Å². The van der Waals surface area contributed by atoms with Gasteiger partial charge in [-0.25, -0.2) is 0 Å². The number of halogens is 1. The van der Waals surface area contributed by atoms with Crippen molar-refractivity contribution in [3.63, 3.8) is 0 Å². The maximum atomic E-state index is 12.8. The number of benzene rings is 1. The van der Waals surface area contributed by atoms with E-state index < -0.39 is 29.3 Å². The predicted octanol–water partition coefficient (Wildman–Crippen LogP) is 0.537. The summed E-state index contributed by atoms with van der Waals surface area (Å²) in [6, 6.07) is 1.99. The van der Waals surface area contributed by atoms with Gasteiger partial charge in [-0.1, -0.05) is 0 Å². The van der Waals surface area contributed by atoms with Crippen molar-refractivity contribution in [2.45, 2.75) is 0 Å². The molecule has 0 bridgehead atoms. The lowest BCUT2D eigenvalue weighted by Crippen LogP contribution is -2.06. The van der Waals surface area contributed by atoms with Crippen LogP contribution in [0.25, 0.3) is 0 Å². The van der Waals surface area contributed by atoms with Crippen molar-refractivity contribution in [1.82, 2.24) is 0 Å². The van der Waals surface area contributed by atoms with Gasteiger partial charge < -0.3 is 9.79 Å². The Morgan fingerprint density at radius 1 is 1.43 bits per heavy atom. The minimum Gasteiger partial charge on any atom is -0.321 e. The number of rotatable bonds is 2. The first kappa shape index (κ1) is 10.8. The molecule has 0 fully saturated rings. The lowest BCUT2D eigenvalue weighted by atomic mass is 10.3. The van der Waals surface area contributed by atoms with Crippen LogP contribution in [0, 0.1) is 15.9 Å². The minimum absolute atomic E-state index is 0.457. The second kappa shape index (κ2) is 3.45. The largest absolute Gasteiger partial charge is 0.356 e. The van der Waals surface area contributed by atoms with Gasteiger partial charge >= 0.3 is 13.3 Å². The smallest absolute Gasteiger partial charge is 0.321 e. The molecule has 14 heavy (non-hydrogen) atoms. The van der Waals surface area contributed by atoms with Crippen LogP contribution < -0.4 is 5.30 Å². The number of nitrogens with zero attached hydrogens (tertiary/aromatic N) is 1. The van der Waals surface area contributed by atoms with Crippen molar-refractivity contribution < 1.29 is 23.7 Å². The predicted molar refractivity (Wildman–Crippen MR) is 44.7 cm³/mol. The first-order valence-electron chi connectivity index (χ1n) is 3.32. The van der Waals surface area contributed by atoms with Crippen molar-refractivity contribution in [1.29, 1.82) is 0 Å². The summed E-state index contributed by atoms with van der Waals surface area (Å²) >= 11 is 0. The molecule has 0 saturated heterocycles. The maximum Gasteiger partial charge on any atom is 0.356 e. The standard InChI is InChI=1S/C6H5FNO5P/c7-5-3-4(14(11,12)13)1-2-6(5)8(9)10/h1-3H,(H2,11,12,13). The normalized spacial score (nSPS) is 11.4. The van der Waals surface area contributed by atoms with E-state index in [1.807, 2.05) is 0 Å². The first-order valence-corrected chi connectivity index (χ1v) is 4.93. The highest BCUT2D eigenvalue weighted by molar-refractivity contribution is 7.60. The van der Waals surface area contributed by atoms with Gasteiger partial charge in [0.05, 0.1) is 10.2 Å². The molecule has 0 radical (unpaired) electrons. The van der Waals surface area contributed by atoms with Gasteiger partial charge in [0.15, 0.2) is 0 Å². The molecule has 0 aliphatic carbocycles. The van der Waals surface area contributed by atoms with Crippen LogP contribution in [-0.2, 0) is 4.57 Å². The van der Waals surface area contributed by atoms with E-state index in [2.05, 4.69) is 0 Å². The lowest BCUT2D eigenvalue weighted by molar-refractivity contribution is -0.387. The van der Waals surface area contributed by atoms with Crippen molar-refractivity contribution in [2.24, 2.45) is 0 Å². The molecular formula is C6H5FNO5P. The molecule has 0 saturated carbocycles. The van der Waals surface area contributed by atoms with Crippen molar-refractivity contribution in [3.8, 4) is 0 Å². The molecule has 0 unspecified atom stereocenters. The van der Waals surface area contributed by atoms with Crippen LogP contribution in [0.4, 0.5) is 10.1 Å². The van der Waals surface area contributed by atoms with Gasteiger partial charge in [-0.05, 0) is 12.1 Å². The Morgan fingerprint density at radius 3 is 2.36 bits per heavy atom. The summed E-state index contributed by atoms with van der Waals surface area (Å²) in [5, 5.41) is 9.57. The quantitative estimate of drug-likeness (QED) is 0.431. The second-order valence-electron chi connectivity index (χ2n) is 2.44.